The molecular weight excluding hydrogens is 358 g/mol. The number of aromatic nitrogens is 1. The maximum atomic E-state index is 12.5. The van der Waals surface area contributed by atoms with E-state index >= 15 is 0 Å². The van der Waals surface area contributed by atoms with Crippen molar-refractivity contribution in [3.63, 3.8) is 0 Å². The Morgan fingerprint density at radius 3 is 2.85 bits per heavy atom. The smallest absolute Gasteiger partial charge is 0.273 e. The van der Waals surface area contributed by atoms with E-state index in [9.17, 15) is 13.2 Å². The number of rotatable bonds is 8. The van der Waals surface area contributed by atoms with Gasteiger partial charge in [0.05, 0.1) is 5.75 Å². The van der Waals surface area contributed by atoms with E-state index in [1.807, 2.05) is 6.92 Å². The first-order valence-electron chi connectivity index (χ1n) is 9.16. The quantitative estimate of drug-likeness (QED) is 0.681. The monoisotopic (exact) mass is 385 g/mol. The lowest BCUT2D eigenvalue weighted by Crippen LogP contribution is -2.51. The summed E-state index contributed by atoms with van der Waals surface area (Å²) in [4.78, 5) is 12.3. The molecule has 1 saturated heterocycles. The number of ether oxygens (including phenoxy) is 1. The van der Waals surface area contributed by atoms with Crippen LogP contribution in [0.1, 0.15) is 61.2 Å². The summed E-state index contributed by atoms with van der Waals surface area (Å²) in [5, 5.41) is 6.81. The molecule has 146 valence electrons. The summed E-state index contributed by atoms with van der Waals surface area (Å²) in [5.74, 6) is 1.02. The van der Waals surface area contributed by atoms with E-state index in [1.165, 1.54) is 0 Å². The molecule has 1 aliphatic carbocycles. The highest BCUT2D eigenvalue weighted by atomic mass is 32.2. The van der Waals surface area contributed by atoms with Gasteiger partial charge in [0.2, 0.25) is 10.0 Å². The zero-order valence-corrected chi connectivity index (χ0v) is 16.1. The second-order valence-electron chi connectivity index (χ2n) is 7.21. The fourth-order valence-electron chi connectivity index (χ4n) is 3.41. The zero-order chi connectivity index (χ0) is 18.7. The van der Waals surface area contributed by atoms with Gasteiger partial charge in [-0.15, -0.1) is 0 Å². The van der Waals surface area contributed by atoms with Crippen LogP contribution in [-0.4, -0.2) is 61.9 Å². The SMILES string of the molecule is COCCCS(=O)(=O)N1CC[C@H](NC(=O)c2cc(C3CC3)on2)C[C@@H]1C. The highest BCUT2D eigenvalue weighted by Crippen LogP contribution is 2.40. The van der Waals surface area contributed by atoms with Crippen LogP contribution >= 0.6 is 0 Å². The third kappa shape index (κ3) is 4.63. The Balaban J connectivity index is 1.52. The Morgan fingerprint density at radius 2 is 2.19 bits per heavy atom. The molecule has 26 heavy (non-hydrogen) atoms. The maximum Gasteiger partial charge on any atom is 0.273 e. The van der Waals surface area contributed by atoms with Crippen molar-refractivity contribution in [1.82, 2.24) is 14.8 Å². The molecule has 2 atom stereocenters. The highest BCUT2D eigenvalue weighted by Gasteiger charge is 2.34. The molecule has 8 nitrogen and oxygen atoms in total. The molecule has 1 N–H and O–H groups in total. The van der Waals surface area contributed by atoms with Crippen LogP contribution in [0, 0.1) is 0 Å². The van der Waals surface area contributed by atoms with Gasteiger partial charge in [-0.3, -0.25) is 4.79 Å². The normalized spacial score (nSPS) is 24.5. The van der Waals surface area contributed by atoms with Gasteiger partial charge in [0.15, 0.2) is 5.69 Å². The van der Waals surface area contributed by atoms with E-state index in [0.717, 1.165) is 18.6 Å². The Morgan fingerprint density at radius 1 is 1.42 bits per heavy atom. The van der Waals surface area contributed by atoms with Crippen molar-refractivity contribution < 1.29 is 22.5 Å². The van der Waals surface area contributed by atoms with Gasteiger partial charge < -0.3 is 14.6 Å². The van der Waals surface area contributed by atoms with Crippen molar-refractivity contribution in [2.24, 2.45) is 0 Å². The van der Waals surface area contributed by atoms with Crippen molar-refractivity contribution in [2.75, 3.05) is 26.0 Å². The predicted octanol–water partition coefficient (Wildman–Crippen LogP) is 1.50. The number of hydrogen-bond donors (Lipinski definition) is 1. The summed E-state index contributed by atoms with van der Waals surface area (Å²) in [5.41, 5.74) is 0.300. The summed E-state index contributed by atoms with van der Waals surface area (Å²) in [6.07, 6.45) is 3.84. The average Bonchev–Trinajstić information content (AvgIpc) is 3.31. The molecule has 0 spiro atoms. The molecule has 0 radical (unpaired) electrons. The third-order valence-corrected chi connectivity index (χ3v) is 7.06. The number of sulfonamides is 1. The van der Waals surface area contributed by atoms with E-state index in [-0.39, 0.29) is 23.7 Å². The number of hydrogen-bond acceptors (Lipinski definition) is 6. The van der Waals surface area contributed by atoms with E-state index in [1.54, 1.807) is 17.5 Å². The molecule has 1 saturated carbocycles. The molecule has 2 heterocycles. The Hall–Kier alpha value is -1.45. The van der Waals surface area contributed by atoms with Crippen LogP contribution in [-0.2, 0) is 14.8 Å². The number of carbonyl (C=O) groups is 1. The molecular formula is C17H27N3O5S. The molecule has 1 amide bonds. The van der Waals surface area contributed by atoms with E-state index in [0.29, 0.717) is 44.0 Å². The summed E-state index contributed by atoms with van der Waals surface area (Å²) < 4.78 is 36.6. The molecule has 0 aromatic carbocycles. The lowest BCUT2D eigenvalue weighted by atomic mass is 10.0. The molecule has 3 rings (SSSR count). The fraction of sp³-hybridized carbons (Fsp3) is 0.765. The summed E-state index contributed by atoms with van der Waals surface area (Å²) in [6, 6.07) is 1.50. The van der Waals surface area contributed by atoms with Crippen LogP contribution in [0.2, 0.25) is 0 Å². The van der Waals surface area contributed by atoms with E-state index in [4.69, 9.17) is 9.26 Å². The lowest BCUT2D eigenvalue weighted by Gasteiger charge is -2.36. The number of piperidine rings is 1. The van der Waals surface area contributed by atoms with Crippen LogP contribution in [0.25, 0.3) is 0 Å². The fourth-order valence-corrected chi connectivity index (χ4v) is 5.15. The molecule has 2 aliphatic rings. The summed E-state index contributed by atoms with van der Waals surface area (Å²) in [7, 11) is -1.73. The zero-order valence-electron chi connectivity index (χ0n) is 15.3. The van der Waals surface area contributed by atoms with Gasteiger partial charge in [0, 0.05) is 44.3 Å². The highest BCUT2D eigenvalue weighted by molar-refractivity contribution is 7.89. The molecule has 0 unspecified atom stereocenters. The standard InChI is InChI=1S/C17H27N3O5S/c1-12-10-14(6-7-20(12)26(22,23)9-3-8-24-2)18-17(21)15-11-16(25-19-15)13-4-5-13/h11-14H,3-10H2,1-2H3,(H,18,21)/t12-,14-/m0/s1. The topological polar surface area (TPSA) is 102 Å². The predicted molar refractivity (Wildman–Crippen MR) is 95.4 cm³/mol. The second-order valence-corrected chi connectivity index (χ2v) is 9.25. The van der Waals surface area contributed by atoms with Crippen LogP contribution < -0.4 is 5.32 Å². The first-order valence-corrected chi connectivity index (χ1v) is 10.8. The summed E-state index contributed by atoms with van der Waals surface area (Å²) in [6.45, 7) is 2.72. The van der Waals surface area contributed by atoms with Crippen molar-refractivity contribution in [2.45, 2.75) is 57.0 Å². The van der Waals surface area contributed by atoms with E-state index in [2.05, 4.69) is 10.5 Å². The van der Waals surface area contributed by atoms with Gasteiger partial charge in [-0.25, -0.2) is 8.42 Å². The van der Waals surface area contributed by atoms with Crippen LogP contribution in [0.15, 0.2) is 10.6 Å². The van der Waals surface area contributed by atoms with Crippen LogP contribution in [0.5, 0.6) is 0 Å². The Labute approximate surface area is 154 Å². The second kappa shape index (κ2) is 8.06. The van der Waals surface area contributed by atoms with Crippen LogP contribution in [0.4, 0.5) is 0 Å². The minimum atomic E-state index is -3.29. The van der Waals surface area contributed by atoms with Gasteiger partial charge in [-0.2, -0.15) is 4.31 Å². The van der Waals surface area contributed by atoms with E-state index < -0.39 is 10.0 Å². The average molecular weight is 385 g/mol. The number of amides is 1. The van der Waals surface area contributed by atoms with Crippen molar-refractivity contribution in [3.05, 3.63) is 17.5 Å². The maximum absolute atomic E-state index is 12.5. The van der Waals surface area contributed by atoms with Crippen LogP contribution in [0.3, 0.4) is 0 Å². The molecule has 2 fully saturated rings. The Bertz CT molecular complexity index is 729. The van der Waals surface area contributed by atoms with Crippen molar-refractivity contribution >= 4 is 15.9 Å². The number of methoxy groups -OCH3 is 1. The molecule has 1 aromatic heterocycles. The molecule has 1 aromatic rings. The van der Waals surface area contributed by atoms with Gasteiger partial charge in [-0.05, 0) is 39.0 Å². The Kier molecular flexibility index (Phi) is 5.99. The van der Waals surface area contributed by atoms with Gasteiger partial charge in [0.1, 0.15) is 5.76 Å². The minimum Gasteiger partial charge on any atom is -0.385 e. The molecule has 0 bridgehead atoms. The molecule has 1 aliphatic heterocycles. The van der Waals surface area contributed by atoms with Gasteiger partial charge >= 0.3 is 0 Å². The lowest BCUT2D eigenvalue weighted by molar-refractivity contribution is 0.0905. The third-order valence-electron chi connectivity index (χ3n) is 5.00. The minimum absolute atomic E-state index is 0.0657. The number of nitrogens with one attached hydrogen (secondary N) is 1. The summed E-state index contributed by atoms with van der Waals surface area (Å²) >= 11 is 0. The van der Waals surface area contributed by atoms with Crippen molar-refractivity contribution in [1.29, 1.82) is 0 Å². The number of carbonyl (C=O) groups excluding carboxylic acids is 1. The van der Waals surface area contributed by atoms with Crippen molar-refractivity contribution in [3.8, 4) is 0 Å². The largest absolute Gasteiger partial charge is 0.385 e. The molecule has 9 heteroatoms. The first kappa shape index (κ1) is 19.3. The number of nitrogens with zero attached hydrogens (tertiary/aromatic N) is 2. The van der Waals surface area contributed by atoms with Gasteiger partial charge in [0.25, 0.3) is 5.91 Å². The van der Waals surface area contributed by atoms with Gasteiger partial charge in [-0.1, -0.05) is 5.16 Å². The first-order chi connectivity index (χ1) is 12.4.